The lowest BCUT2D eigenvalue weighted by Gasteiger charge is -2.48. The molecule has 5 heteroatoms. The largest absolute Gasteiger partial charge is 0.497 e. The molecule has 2 heterocycles. The van der Waals surface area contributed by atoms with E-state index in [4.69, 9.17) is 14.2 Å². The van der Waals surface area contributed by atoms with Gasteiger partial charge < -0.3 is 19.3 Å². The highest BCUT2D eigenvalue weighted by molar-refractivity contribution is 5.32. The normalized spacial score (nSPS) is 28.7. The molecule has 1 aromatic rings. The van der Waals surface area contributed by atoms with E-state index < -0.39 is 5.60 Å². The van der Waals surface area contributed by atoms with E-state index >= 15 is 0 Å². The molecule has 5 nitrogen and oxygen atoms in total. The Hall–Kier alpha value is -1.30. The van der Waals surface area contributed by atoms with Gasteiger partial charge in [-0.1, -0.05) is 13.0 Å². The summed E-state index contributed by atoms with van der Waals surface area (Å²) < 4.78 is 16.5. The van der Waals surface area contributed by atoms with Gasteiger partial charge in [-0.15, -0.1) is 0 Å². The molecular formula is C20H31NO4. The summed E-state index contributed by atoms with van der Waals surface area (Å²) in [6, 6.07) is 7.70. The van der Waals surface area contributed by atoms with Gasteiger partial charge in [-0.05, 0) is 43.2 Å². The molecule has 1 N–H and O–H groups in total. The summed E-state index contributed by atoms with van der Waals surface area (Å²) in [7, 11) is 1.66. The van der Waals surface area contributed by atoms with Gasteiger partial charge >= 0.3 is 0 Å². The number of methoxy groups -OCH3 is 1. The van der Waals surface area contributed by atoms with Gasteiger partial charge in [-0.2, -0.15) is 0 Å². The van der Waals surface area contributed by atoms with Gasteiger partial charge in [0, 0.05) is 38.9 Å². The maximum atomic E-state index is 11.2. The molecule has 25 heavy (non-hydrogen) atoms. The van der Waals surface area contributed by atoms with Gasteiger partial charge in [-0.25, -0.2) is 0 Å². The quantitative estimate of drug-likeness (QED) is 0.855. The Labute approximate surface area is 150 Å². The lowest BCUT2D eigenvalue weighted by Crippen LogP contribution is -2.56. The van der Waals surface area contributed by atoms with Crippen molar-refractivity contribution in [2.75, 3.05) is 46.6 Å². The number of nitrogens with zero attached hydrogens (tertiary/aromatic N) is 1. The predicted octanol–water partition coefficient (Wildman–Crippen LogP) is 2.57. The van der Waals surface area contributed by atoms with E-state index in [2.05, 4.69) is 11.8 Å². The number of hydrogen-bond acceptors (Lipinski definition) is 5. The van der Waals surface area contributed by atoms with E-state index in [-0.39, 0.29) is 5.92 Å². The van der Waals surface area contributed by atoms with Crippen molar-refractivity contribution in [3.05, 3.63) is 24.3 Å². The Bertz CT molecular complexity index is 546. The lowest BCUT2D eigenvalue weighted by atomic mass is 9.70. The molecule has 2 saturated heterocycles. The topological polar surface area (TPSA) is 51.2 Å². The summed E-state index contributed by atoms with van der Waals surface area (Å²) in [6.45, 7) is 7.15. The van der Waals surface area contributed by atoms with E-state index in [1.165, 1.54) is 0 Å². The minimum Gasteiger partial charge on any atom is -0.497 e. The Morgan fingerprint density at radius 2 is 2.04 bits per heavy atom. The van der Waals surface area contributed by atoms with Crippen molar-refractivity contribution in [2.45, 2.75) is 31.8 Å². The van der Waals surface area contributed by atoms with Gasteiger partial charge in [0.1, 0.15) is 18.1 Å². The molecule has 3 rings (SSSR count). The highest BCUT2D eigenvalue weighted by Crippen LogP contribution is 2.39. The molecule has 1 aromatic carbocycles. The van der Waals surface area contributed by atoms with Crippen LogP contribution in [0, 0.1) is 11.8 Å². The number of aliphatic hydroxyl groups is 1. The standard InChI is InChI=1S/C20H31NO4/c1-16-15-21(9-8-20(16,22)17-6-11-24-12-7-17)10-13-25-19-5-3-4-18(14-19)23-2/h3-5,14,16-17,22H,6-13,15H2,1-2H3/t16-,20+/m1/s1. The zero-order chi connectivity index (χ0) is 17.7. The maximum Gasteiger partial charge on any atom is 0.123 e. The first kappa shape index (κ1) is 18.5. The van der Waals surface area contributed by atoms with E-state index in [0.29, 0.717) is 12.5 Å². The van der Waals surface area contributed by atoms with Gasteiger partial charge in [0.05, 0.1) is 12.7 Å². The number of piperidine rings is 1. The highest BCUT2D eigenvalue weighted by Gasteiger charge is 2.45. The smallest absolute Gasteiger partial charge is 0.123 e. The first-order chi connectivity index (χ1) is 12.1. The molecule has 0 aliphatic carbocycles. The molecule has 0 unspecified atom stereocenters. The molecule has 0 amide bonds. The van der Waals surface area contributed by atoms with Gasteiger partial charge in [0.25, 0.3) is 0 Å². The Balaban J connectivity index is 1.46. The summed E-state index contributed by atoms with van der Waals surface area (Å²) in [5.41, 5.74) is -0.534. The minimum atomic E-state index is -0.534. The number of hydrogen-bond donors (Lipinski definition) is 1. The molecule has 0 aromatic heterocycles. The van der Waals surface area contributed by atoms with E-state index in [9.17, 15) is 5.11 Å². The van der Waals surface area contributed by atoms with Gasteiger partial charge in [0.15, 0.2) is 0 Å². The average molecular weight is 349 g/mol. The fourth-order valence-corrected chi connectivity index (χ4v) is 4.21. The van der Waals surface area contributed by atoms with Crippen molar-refractivity contribution in [1.82, 2.24) is 4.90 Å². The molecule has 0 saturated carbocycles. The predicted molar refractivity (Wildman–Crippen MR) is 97.2 cm³/mol. The van der Waals surface area contributed by atoms with Crippen LogP contribution in [0.25, 0.3) is 0 Å². The minimum absolute atomic E-state index is 0.279. The molecule has 2 aliphatic rings. The second-order valence-electron chi connectivity index (χ2n) is 7.36. The zero-order valence-electron chi connectivity index (χ0n) is 15.4. The van der Waals surface area contributed by atoms with Crippen LogP contribution < -0.4 is 9.47 Å². The first-order valence-corrected chi connectivity index (χ1v) is 9.41. The number of likely N-dealkylation sites (tertiary alicyclic amines) is 1. The third-order valence-electron chi connectivity index (χ3n) is 5.86. The van der Waals surface area contributed by atoms with Crippen LogP contribution in [0.15, 0.2) is 24.3 Å². The van der Waals surface area contributed by atoms with E-state index in [1.54, 1.807) is 7.11 Å². The molecule has 140 valence electrons. The van der Waals surface area contributed by atoms with Crippen molar-refractivity contribution < 1.29 is 19.3 Å². The monoisotopic (exact) mass is 349 g/mol. The zero-order valence-corrected chi connectivity index (χ0v) is 15.4. The fraction of sp³-hybridized carbons (Fsp3) is 0.700. The number of ether oxygens (including phenoxy) is 3. The number of rotatable bonds is 6. The van der Waals surface area contributed by atoms with Gasteiger partial charge in [0.2, 0.25) is 0 Å². The van der Waals surface area contributed by atoms with E-state index in [0.717, 1.165) is 63.6 Å². The summed E-state index contributed by atoms with van der Waals surface area (Å²) in [5.74, 6) is 2.31. The second-order valence-corrected chi connectivity index (χ2v) is 7.36. The average Bonchev–Trinajstić information content (AvgIpc) is 2.65. The summed E-state index contributed by atoms with van der Waals surface area (Å²) in [5, 5.41) is 11.2. The van der Waals surface area contributed by atoms with Crippen LogP contribution in [0.3, 0.4) is 0 Å². The Morgan fingerprint density at radius 3 is 2.76 bits per heavy atom. The SMILES string of the molecule is COc1cccc(OCCN2CC[C@@](O)(C3CCOCC3)[C@H](C)C2)c1. The molecule has 0 radical (unpaired) electrons. The van der Waals surface area contributed by atoms with Crippen LogP contribution in [0.2, 0.25) is 0 Å². The first-order valence-electron chi connectivity index (χ1n) is 9.41. The van der Waals surface area contributed by atoms with Crippen LogP contribution in [0.5, 0.6) is 11.5 Å². The van der Waals surface area contributed by atoms with Crippen molar-refractivity contribution in [3.63, 3.8) is 0 Å². The molecule has 0 spiro atoms. The highest BCUT2D eigenvalue weighted by atomic mass is 16.5. The van der Waals surface area contributed by atoms with Crippen LogP contribution in [0.4, 0.5) is 0 Å². The lowest BCUT2D eigenvalue weighted by molar-refractivity contribution is -0.131. The maximum absolute atomic E-state index is 11.2. The van der Waals surface area contributed by atoms with Crippen LogP contribution in [-0.2, 0) is 4.74 Å². The third-order valence-corrected chi connectivity index (χ3v) is 5.86. The van der Waals surface area contributed by atoms with Gasteiger partial charge in [-0.3, -0.25) is 4.90 Å². The van der Waals surface area contributed by atoms with E-state index in [1.807, 2.05) is 24.3 Å². The van der Waals surface area contributed by atoms with Crippen molar-refractivity contribution in [3.8, 4) is 11.5 Å². The third kappa shape index (κ3) is 4.46. The van der Waals surface area contributed by atoms with Crippen LogP contribution >= 0.6 is 0 Å². The molecule has 2 fully saturated rings. The molecule has 0 bridgehead atoms. The van der Waals surface area contributed by atoms with Crippen molar-refractivity contribution >= 4 is 0 Å². The number of benzene rings is 1. The van der Waals surface area contributed by atoms with Crippen molar-refractivity contribution in [1.29, 1.82) is 0 Å². The van der Waals surface area contributed by atoms with Crippen LogP contribution in [-0.4, -0.2) is 62.2 Å². The summed E-state index contributed by atoms with van der Waals surface area (Å²) in [6.07, 6.45) is 2.82. The molecule has 2 aliphatic heterocycles. The fourth-order valence-electron chi connectivity index (χ4n) is 4.21. The molecular weight excluding hydrogens is 318 g/mol. The van der Waals surface area contributed by atoms with Crippen LogP contribution in [0.1, 0.15) is 26.2 Å². The Kier molecular flexibility index (Phi) is 6.20. The Morgan fingerprint density at radius 1 is 1.28 bits per heavy atom. The van der Waals surface area contributed by atoms with Crippen molar-refractivity contribution in [2.24, 2.45) is 11.8 Å². The summed E-state index contributed by atoms with van der Waals surface area (Å²) in [4.78, 5) is 2.40. The second kappa shape index (κ2) is 8.39. The molecule has 2 atom stereocenters. The summed E-state index contributed by atoms with van der Waals surface area (Å²) >= 11 is 0.